The van der Waals surface area contributed by atoms with Gasteiger partial charge in [-0.1, -0.05) is 23.8 Å². The third kappa shape index (κ3) is 5.04. The summed E-state index contributed by atoms with van der Waals surface area (Å²) in [5, 5.41) is 3.13. The van der Waals surface area contributed by atoms with Crippen LogP contribution in [0.4, 0.5) is 5.69 Å². The lowest BCUT2D eigenvalue weighted by atomic mass is 10.3. The van der Waals surface area contributed by atoms with Gasteiger partial charge in [-0.15, -0.1) is 0 Å². The van der Waals surface area contributed by atoms with Gasteiger partial charge in [0.2, 0.25) is 10.0 Å². The van der Waals surface area contributed by atoms with E-state index in [4.69, 9.17) is 0 Å². The Bertz CT molecular complexity index is 544. The van der Waals surface area contributed by atoms with Crippen LogP contribution in [0.15, 0.2) is 40.8 Å². The number of nitrogens with one attached hydrogen (secondary N) is 2. The lowest BCUT2D eigenvalue weighted by molar-refractivity contribution is 0.570. The van der Waals surface area contributed by atoms with Crippen LogP contribution < -0.4 is 10.0 Å². The Balaban J connectivity index is 2.99. The van der Waals surface area contributed by atoms with E-state index < -0.39 is 10.0 Å². The fraction of sp³-hybridized carbons (Fsp3) is 0.429. The van der Waals surface area contributed by atoms with Crippen LogP contribution in [-0.4, -0.2) is 21.0 Å². The molecular formula is C14H22N2O2S. The van der Waals surface area contributed by atoms with E-state index >= 15 is 0 Å². The summed E-state index contributed by atoms with van der Waals surface area (Å²) in [6, 6.07) is 6.79. The first-order valence-electron chi connectivity index (χ1n) is 6.31. The van der Waals surface area contributed by atoms with Crippen molar-refractivity contribution in [2.75, 3.05) is 11.9 Å². The van der Waals surface area contributed by atoms with Gasteiger partial charge in [0, 0.05) is 12.6 Å². The highest BCUT2D eigenvalue weighted by Crippen LogP contribution is 2.20. The second-order valence-corrected chi connectivity index (χ2v) is 6.62. The van der Waals surface area contributed by atoms with Crippen molar-refractivity contribution in [2.24, 2.45) is 0 Å². The number of benzene rings is 1. The molecule has 0 unspecified atom stereocenters. The van der Waals surface area contributed by atoms with Crippen molar-refractivity contribution in [1.29, 1.82) is 0 Å². The third-order valence-electron chi connectivity index (χ3n) is 2.37. The molecule has 1 aromatic rings. The van der Waals surface area contributed by atoms with E-state index in [1.165, 1.54) is 5.57 Å². The molecule has 19 heavy (non-hydrogen) atoms. The Labute approximate surface area is 116 Å². The van der Waals surface area contributed by atoms with E-state index in [9.17, 15) is 8.42 Å². The number of hydrogen-bond donors (Lipinski definition) is 2. The summed E-state index contributed by atoms with van der Waals surface area (Å²) in [7, 11) is -3.47. The Hall–Kier alpha value is -1.33. The molecule has 0 aromatic heterocycles. The van der Waals surface area contributed by atoms with Crippen molar-refractivity contribution in [2.45, 2.75) is 38.6 Å². The molecule has 106 valence electrons. The standard InChI is InChI=1S/C14H22N2O2S/c1-11(2)9-10-15-13-7-5-6-8-14(13)19(17,18)16-12(3)4/h5-9,12,15-16H,10H2,1-4H3. The molecule has 0 radical (unpaired) electrons. The van der Waals surface area contributed by atoms with Crippen LogP contribution in [0.1, 0.15) is 27.7 Å². The summed E-state index contributed by atoms with van der Waals surface area (Å²) >= 11 is 0. The molecule has 1 aromatic carbocycles. The topological polar surface area (TPSA) is 58.2 Å². The van der Waals surface area contributed by atoms with Gasteiger partial charge in [0.05, 0.1) is 5.69 Å². The van der Waals surface area contributed by atoms with Crippen molar-refractivity contribution >= 4 is 15.7 Å². The molecule has 0 aliphatic carbocycles. The predicted molar refractivity (Wildman–Crippen MR) is 79.8 cm³/mol. The summed E-state index contributed by atoms with van der Waals surface area (Å²) in [5.74, 6) is 0. The van der Waals surface area contributed by atoms with Crippen molar-refractivity contribution in [3.63, 3.8) is 0 Å². The number of sulfonamides is 1. The zero-order valence-electron chi connectivity index (χ0n) is 11.9. The molecule has 1 rings (SSSR count). The summed E-state index contributed by atoms with van der Waals surface area (Å²) in [4.78, 5) is 0.283. The maximum absolute atomic E-state index is 12.2. The van der Waals surface area contributed by atoms with Crippen molar-refractivity contribution in [3.05, 3.63) is 35.9 Å². The summed E-state index contributed by atoms with van der Waals surface area (Å²) in [5.41, 5.74) is 1.81. The molecule has 0 fully saturated rings. The Morgan fingerprint density at radius 3 is 2.47 bits per heavy atom. The van der Waals surface area contributed by atoms with Crippen LogP contribution in [0.25, 0.3) is 0 Å². The van der Waals surface area contributed by atoms with E-state index in [0.717, 1.165) is 0 Å². The lowest BCUT2D eigenvalue weighted by Crippen LogP contribution is -2.30. The largest absolute Gasteiger partial charge is 0.380 e. The smallest absolute Gasteiger partial charge is 0.242 e. The fourth-order valence-corrected chi connectivity index (χ4v) is 3.02. The van der Waals surface area contributed by atoms with E-state index in [-0.39, 0.29) is 10.9 Å². The third-order valence-corrected chi connectivity index (χ3v) is 4.09. The number of rotatable bonds is 6. The first-order valence-corrected chi connectivity index (χ1v) is 7.80. The van der Waals surface area contributed by atoms with Gasteiger partial charge in [-0.25, -0.2) is 13.1 Å². The van der Waals surface area contributed by atoms with Gasteiger partial charge in [-0.3, -0.25) is 0 Å². The van der Waals surface area contributed by atoms with Crippen LogP contribution in [-0.2, 0) is 10.0 Å². The fourth-order valence-electron chi connectivity index (χ4n) is 1.59. The molecule has 0 heterocycles. The van der Waals surface area contributed by atoms with Crippen LogP contribution in [0.3, 0.4) is 0 Å². The second kappa shape index (κ2) is 6.73. The van der Waals surface area contributed by atoms with Gasteiger partial charge in [0.15, 0.2) is 0 Å². The number of hydrogen-bond acceptors (Lipinski definition) is 3. The molecule has 0 bridgehead atoms. The molecule has 0 aliphatic heterocycles. The number of allylic oxidation sites excluding steroid dienone is 1. The molecule has 5 heteroatoms. The van der Waals surface area contributed by atoms with Crippen LogP contribution >= 0.6 is 0 Å². The molecule has 2 N–H and O–H groups in total. The average Bonchev–Trinajstić information content (AvgIpc) is 2.27. The quantitative estimate of drug-likeness (QED) is 0.789. The van der Waals surface area contributed by atoms with Crippen molar-refractivity contribution in [3.8, 4) is 0 Å². The van der Waals surface area contributed by atoms with Crippen LogP contribution in [0.2, 0.25) is 0 Å². The highest BCUT2D eigenvalue weighted by atomic mass is 32.2. The summed E-state index contributed by atoms with van der Waals surface area (Å²) in [6.45, 7) is 8.22. The van der Waals surface area contributed by atoms with Crippen LogP contribution in [0.5, 0.6) is 0 Å². The van der Waals surface area contributed by atoms with Gasteiger partial charge in [0.1, 0.15) is 4.90 Å². The van der Waals surface area contributed by atoms with Gasteiger partial charge >= 0.3 is 0 Å². The molecule has 0 atom stereocenters. The van der Waals surface area contributed by atoms with E-state index in [0.29, 0.717) is 12.2 Å². The molecule has 0 saturated heterocycles. The number of anilines is 1. The first kappa shape index (κ1) is 15.7. The van der Waals surface area contributed by atoms with Crippen LogP contribution in [0, 0.1) is 0 Å². The molecule has 0 saturated carbocycles. The van der Waals surface area contributed by atoms with Gasteiger partial charge in [0.25, 0.3) is 0 Å². The minimum absolute atomic E-state index is 0.129. The Morgan fingerprint density at radius 1 is 1.26 bits per heavy atom. The summed E-state index contributed by atoms with van der Waals surface area (Å²) in [6.07, 6.45) is 2.01. The second-order valence-electron chi connectivity index (χ2n) is 4.93. The lowest BCUT2D eigenvalue weighted by Gasteiger charge is -2.14. The summed E-state index contributed by atoms with van der Waals surface area (Å²) < 4.78 is 27.0. The average molecular weight is 282 g/mol. The van der Waals surface area contributed by atoms with Gasteiger partial charge in [-0.2, -0.15) is 0 Å². The highest BCUT2D eigenvalue weighted by molar-refractivity contribution is 7.89. The molecule has 0 amide bonds. The zero-order valence-corrected chi connectivity index (χ0v) is 12.7. The molecule has 4 nitrogen and oxygen atoms in total. The number of para-hydroxylation sites is 1. The zero-order chi connectivity index (χ0) is 14.5. The SMILES string of the molecule is CC(C)=CCNc1ccccc1S(=O)(=O)NC(C)C. The Kier molecular flexibility index (Phi) is 5.57. The molecule has 0 spiro atoms. The monoisotopic (exact) mass is 282 g/mol. The molecular weight excluding hydrogens is 260 g/mol. The highest BCUT2D eigenvalue weighted by Gasteiger charge is 2.18. The normalized spacial score (nSPS) is 11.4. The Morgan fingerprint density at radius 2 is 1.89 bits per heavy atom. The van der Waals surface area contributed by atoms with E-state index in [1.807, 2.05) is 26.0 Å². The van der Waals surface area contributed by atoms with Gasteiger partial charge < -0.3 is 5.32 Å². The molecule has 0 aliphatic rings. The maximum atomic E-state index is 12.2. The minimum Gasteiger partial charge on any atom is -0.380 e. The van der Waals surface area contributed by atoms with E-state index in [2.05, 4.69) is 10.0 Å². The van der Waals surface area contributed by atoms with Crippen molar-refractivity contribution < 1.29 is 8.42 Å². The van der Waals surface area contributed by atoms with E-state index in [1.54, 1.807) is 32.0 Å². The predicted octanol–water partition coefficient (Wildman–Crippen LogP) is 2.75. The van der Waals surface area contributed by atoms with Crippen molar-refractivity contribution in [1.82, 2.24) is 4.72 Å². The first-order chi connectivity index (χ1) is 8.83. The minimum atomic E-state index is -3.47. The maximum Gasteiger partial charge on any atom is 0.242 e. The van der Waals surface area contributed by atoms with Gasteiger partial charge in [-0.05, 0) is 39.8 Å².